The van der Waals surface area contributed by atoms with Gasteiger partial charge in [0.05, 0.1) is 6.04 Å². The van der Waals surface area contributed by atoms with Crippen molar-refractivity contribution in [2.24, 2.45) is 17.6 Å². The van der Waals surface area contributed by atoms with Crippen LogP contribution in [0.5, 0.6) is 0 Å². The van der Waals surface area contributed by atoms with Crippen LogP contribution in [0, 0.1) is 11.8 Å². The average molecular weight is 228 g/mol. The highest BCUT2D eigenvalue weighted by atomic mass is 16.4. The number of carbonyl (C=O) groups is 2. The predicted molar refractivity (Wildman–Crippen MR) is 59.7 cm³/mol. The Balaban J connectivity index is 2.80. The second kappa shape index (κ2) is 4.82. The van der Waals surface area contributed by atoms with E-state index in [0.29, 0.717) is 6.54 Å². The summed E-state index contributed by atoms with van der Waals surface area (Å²) in [6.07, 6.45) is 0.730. The zero-order valence-electron chi connectivity index (χ0n) is 10.0. The number of likely N-dealkylation sites (tertiary alicyclic amines) is 1. The fourth-order valence-electron chi connectivity index (χ4n) is 2.05. The highest BCUT2D eigenvalue weighted by Crippen LogP contribution is 2.25. The Morgan fingerprint density at radius 2 is 2.00 bits per heavy atom. The number of nitrogens with zero attached hydrogens (tertiary/aromatic N) is 1. The van der Waals surface area contributed by atoms with Gasteiger partial charge in [0.15, 0.2) is 0 Å². The van der Waals surface area contributed by atoms with Crippen molar-refractivity contribution in [1.29, 1.82) is 0 Å². The van der Waals surface area contributed by atoms with E-state index in [9.17, 15) is 9.59 Å². The Morgan fingerprint density at radius 1 is 1.44 bits per heavy atom. The minimum absolute atomic E-state index is 0.000752. The Kier molecular flexibility index (Phi) is 3.91. The number of carboxylic acids is 1. The van der Waals surface area contributed by atoms with Crippen molar-refractivity contribution in [3.05, 3.63) is 0 Å². The van der Waals surface area contributed by atoms with Crippen LogP contribution < -0.4 is 5.73 Å². The summed E-state index contributed by atoms with van der Waals surface area (Å²) in [4.78, 5) is 24.5. The maximum Gasteiger partial charge on any atom is 0.326 e. The molecule has 3 N–H and O–H groups in total. The van der Waals surface area contributed by atoms with Gasteiger partial charge in [-0.2, -0.15) is 0 Å². The Hall–Kier alpha value is -1.10. The third kappa shape index (κ3) is 2.35. The summed E-state index contributed by atoms with van der Waals surface area (Å²) in [6.45, 7) is 6.07. The maximum atomic E-state index is 12.0. The summed E-state index contributed by atoms with van der Waals surface area (Å²) in [6, 6.07) is -1.32. The molecular formula is C11H20N2O3. The highest BCUT2D eigenvalue weighted by Gasteiger charge is 2.41. The number of carboxylic acid groups (broad SMARTS) is 1. The van der Waals surface area contributed by atoms with Crippen LogP contribution in [0.3, 0.4) is 0 Å². The van der Waals surface area contributed by atoms with Crippen LogP contribution in [0.2, 0.25) is 0 Å². The molecule has 0 saturated carbocycles. The molecule has 0 aromatic rings. The maximum absolute atomic E-state index is 12.0. The van der Waals surface area contributed by atoms with Crippen LogP contribution in [0.25, 0.3) is 0 Å². The normalized spacial score (nSPS) is 27.2. The Morgan fingerprint density at radius 3 is 2.44 bits per heavy atom. The van der Waals surface area contributed by atoms with Crippen LogP contribution >= 0.6 is 0 Å². The van der Waals surface area contributed by atoms with Gasteiger partial charge < -0.3 is 15.7 Å². The van der Waals surface area contributed by atoms with Crippen molar-refractivity contribution in [1.82, 2.24) is 4.90 Å². The number of carbonyl (C=O) groups excluding carboxylic acids is 1. The third-order valence-corrected chi connectivity index (χ3v) is 3.24. The van der Waals surface area contributed by atoms with E-state index in [1.54, 1.807) is 0 Å². The minimum Gasteiger partial charge on any atom is -0.480 e. The lowest BCUT2D eigenvalue weighted by atomic mass is 10.0. The lowest BCUT2D eigenvalue weighted by molar-refractivity contribution is -0.150. The lowest BCUT2D eigenvalue weighted by Gasteiger charge is -2.27. The summed E-state index contributed by atoms with van der Waals surface area (Å²) >= 11 is 0. The summed E-state index contributed by atoms with van der Waals surface area (Å²) in [7, 11) is 0. The molecule has 1 rings (SSSR count). The van der Waals surface area contributed by atoms with Crippen molar-refractivity contribution in [2.75, 3.05) is 6.54 Å². The lowest BCUT2D eigenvalue weighted by Crippen LogP contribution is -2.51. The molecule has 3 atom stereocenters. The number of rotatable bonds is 3. The Bertz CT molecular complexity index is 291. The van der Waals surface area contributed by atoms with Crippen LogP contribution in [0.1, 0.15) is 27.2 Å². The monoisotopic (exact) mass is 228 g/mol. The first-order valence-corrected chi connectivity index (χ1v) is 5.65. The topological polar surface area (TPSA) is 83.6 Å². The van der Waals surface area contributed by atoms with Gasteiger partial charge in [0.25, 0.3) is 0 Å². The predicted octanol–water partition coefficient (Wildman–Crippen LogP) is 0.291. The molecule has 0 spiro atoms. The molecule has 5 nitrogen and oxygen atoms in total. The minimum atomic E-state index is -0.936. The molecule has 16 heavy (non-hydrogen) atoms. The number of hydrogen-bond acceptors (Lipinski definition) is 3. The van der Waals surface area contributed by atoms with Crippen LogP contribution in [-0.2, 0) is 9.59 Å². The first kappa shape index (κ1) is 13.0. The fourth-order valence-corrected chi connectivity index (χ4v) is 2.05. The smallest absolute Gasteiger partial charge is 0.326 e. The van der Waals surface area contributed by atoms with Crippen molar-refractivity contribution >= 4 is 11.9 Å². The van der Waals surface area contributed by atoms with Gasteiger partial charge >= 0.3 is 5.97 Å². The van der Waals surface area contributed by atoms with Crippen molar-refractivity contribution in [2.45, 2.75) is 39.3 Å². The molecule has 0 aromatic carbocycles. The van der Waals surface area contributed by atoms with Gasteiger partial charge in [-0.15, -0.1) is 0 Å². The SMILES string of the molecule is CC(C)C(N)C(=O)N1CCC(C)C1C(=O)O. The summed E-state index contributed by atoms with van der Waals surface area (Å²) < 4.78 is 0. The molecule has 1 amide bonds. The summed E-state index contributed by atoms with van der Waals surface area (Å²) in [5.41, 5.74) is 5.76. The van der Waals surface area contributed by atoms with Crippen molar-refractivity contribution < 1.29 is 14.7 Å². The van der Waals surface area contributed by atoms with Crippen molar-refractivity contribution in [3.8, 4) is 0 Å². The first-order chi connectivity index (χ1) is 7.36. The van der Waals surface area contributed by atoms with Gasteiger partial charge in [0.2, 0.25) is 5.91 Å². The third-order valence-electron chi connectivity index (χ3n) is 3.24. The summed E-state index contributed by atoms with van der Waals surface area (Å²) in [5.74, 6) is -1.15. The summed E-state index contributed by atoms with van der Waals surface area (Å²) in [5, 5.41) is 9.09. The molecule has 5 heteroatoms. The van der Waals surface area contributed by atoms with E-state index < -0.39 is 18.1 Å². The first-order valence-electron chi connectivity index (χ1n) is 5.65. The van der Waals surface area contributed by atoms with Crippen LogP contribution in [-0.4, -0.2) is 40.5 Å². The number of amides is 1. The van der Waals surface area contributed by atoms with Crippen molar-refractivity contribution in [3.63, 3.8) is 0 Å². The van der Waals surface area contributed by atoms with E-state index in [2.05, 4.69) is 0 Å². The molecule has 3 unspecified atom stereocenters. The molecule has 92 valence electrons. The second-order valence-electron chi connectivity index (χ2n) is 4.85. The van der Waals surface area contributed by atoms with E-state index in [1.165, 1.54) is 4.90 Å². The van der Waals surface area contributed by atoms with E-state index in [-0.39, 0.29) is 17.7 Å². The van der Waals surface area contributed by atoms with E-state index in [1.807, 2.05) is 20.8 Å². The van der Waals surface area contributed by atoms with Gasteiger partial charge in [-0.1, -0.05) is 20.8 Å². The quantitative estimate of drug-likeness (QED) is 0.727. The molecule has 0 aromatic heterocycles. The van der Waals surface area contributed by atoms with Gasteiger partial charge in [-0.3, -0.25) is 4.79 Å². The number of hydrogen-bond donors (Lipinski definition) is 2. The fraction of sp³-hybridized carbons (Fsp3) is 0.818. The molecule has 1 aliphatic rings. The van der Waals surface area contributed by atoms with E-state index in [0.717, 1.165) is 6.42 Å². The molecule has 0 radical (unpaired) electrons. The second-order valence-corrected chi connectivity index (χ2v) is 4.85. The molecule has 1 fully saturated rings. The van der Waals surface area contributed by atoms with Gasteiger partial charge in [0, 0.05) is 6.54 Å². The van der Waals surface area contributed by atoms with Gasteiger partial charge in [-0.05, 0) is 18.3 Å². The molecule has 1 saturated heterocycles. The van der Waals surface area contributed by atoms with E-state index >= 15 is 0 Å². The van der Waals surface area contributed by atoms with Gasteiger partial charge in [-0.25, -0.2) is 4.79 Å². The molecule has 1 heterocycles. The molecule has 0 bridgehead atoms. The zero-order chi connectivity index (χ0) is 12.5. The average Bonchev–Trinajstić information content (AvgIpc) is 2.57. The number of aliphatic carboxylic acids is 1. The molecule has 1 aliphatic heterocycles. The standard InChI is InChI=1S/C11H20N2O3/c1-6(2)8(12)10(14)13-5-4-7(3)9(13)11(15)16/h6-9H,4-5,12H2,1-3H3,(H,15,16). The van der Waals surface area contributed by atoms with Crippen LogP contribution in [0.4, 0.5) is 0 Å². The Labute approximate surface area is 95.6 Å². The van der Waals surface area contributed by atoms with Crippen LogP contribution in [0.15, 0.2) is 0 Å². The zero-order valence-corrected chi connectivity index (χ0v) is 10.0. The largest absolute Gasteiger partial charge is 0.480 e. The highest BCUT2D eigenvalue weighted by molar-refractivity contribution is 5.87. The molecule has 0 aliphatic carbocycles. The van der Waals surface area contributed by atoms with E-state index in [4.69, 9.17) is 10.8 Å². The number of nitrogens with two attached hydrogens (primary N) is 1. The molecular weight excluding hydrogens is 208 g/mol. The van der Waals surface area contributed by atoms with Gasteiger partial charge in [0.1, 0.15) is 6.04 Å².